The molecule has 0 saturated carbocycles. The van der Waals surface area contributed by atoms with Crippen molar-refractivity contribution in [1.29, 1.82) is 0 Å². The maximum Gasteiger partial charge on any atom is -0.870 e. The van der Waals surface area contributed by atoms with Crippen LogP contribution < -0.4 is 25.3 Å². The zero-order valence-corrected chi connectivity index (χ0v) is 20.1. The molecule has 2 amide bonds. The third-order valence-corrected chi connectivity index (χ3v) is 4.65. The number of alkyl halides is 3. The molecule has 4 N–H and O–H groups in total. The quantitative estimate of drug-likeness (QED) is 0.152. The summed E-state index contributed by atoms with van der Waals surface area (Å²) in [6, 6.07) is 4.85. The molecule has 2 aromatic carbocycles. The molecule has 0 aliphatic heterocycles. The molecule has 2 rings (SSSR count). The van der Waals surface area contributed by atoms with Crippen LogP contribution in [0, 0.1) is 11.9 Å². The topological polar surface area (TPSA) is 130 Å². The number of amides is 2. The van der Waals surface area contributed by atoms with Crippen LogP contribution in [-0.2, 0) is 19.8 Å². The SMILES string of the molecule is COc1cc(OC(F)(F)F)ccc1Oc1cc(Cl)cc(F)c1C(=O)N/C(C=[C-]C(N)=O)=C(\C)[CH]=[Ni].[OH-]. The van der Waals surface area contributed by atoms with Gasteiger partial charge in [-0.25, -0.2) is 0 Å². The van der Waals surface area contributed by atoms with Gasteiger partial charge in [-0.2, -0.15) is 0 Å². The van der Waals surface area contributed by atoms with Gasteiger partial charge in [0.05, 0.1) is 0 Å². The Hall–Kier alpha value is -3.41. The second-order valence-corrected chi connectivity index (χ2v) is 7.24. The summed E-state index contributed by atoms with van der Waals surface area (Å²) in [5.41, 5.74) is 4.75. The summed E-state index contributed by atoms with van der Waals surface area (Å²) in [6.45, 7) is 1.52. The van der Waals surface area contributed by atoms with Crippen molar-refractivity contribution in [1.82, 2.24) is 5.32 Å². The van der Waals surface area contributed by atoms with E-state index in [4.69, 9.17) is 26.8 Å². The van der Waals surface area contributed by atoms with Gasteiger partial charge in [-0.1, -0.05) is 0 Å². The van der Waals surface area contributed by atoms with Crippen molar-refractivity contribution in [2.24, 2.45) is 5.73 Å². The smallest absolute Gasteiger partial charge is 0.870 e. The molecule has 0 aliphatic carbocycles. The normalized spacial score (nSPS) is 11.8. The molecule has 0 fully saturated rings. The fourth-order valence-corrected chi connectivity index (χ4v) is 2.87. The Morgan fingerprint density at radius 1 is 1.17 bits per heavy atom. The number of allylic oxidation sites excluding steroid dienone is 2. The van der Waals surface area contributed by atoms with Gasteiger partial charge in [-0.15, -0.1) is 13.2 Å². The number of carbonyl (C=O) groups excluding carboxylic acids is 2. The van der Waals surface area contributed by atoms with E-state index in [0.29, 0.717) is 5.57 Å². The van der Waals surface area contributed by atoms with Crippen LogP contribution in [0.5, 0.6) is 23.0 Å². The number of nitrogens with two attached hydrogens (primary N) is 1. The van der Waals surface area contributed by atoms with Crippen LogP contribution in [0.1, 0.15) is 17.3 Å². The zero-order valence-electron chi connectivity index (χ0n) is 18.3. The number of rotatable bonds is 9. The Labute approximate surface area is 214 Å². The minimum absolute atomic E-state index is 0. The summed E-state index contributed by atoms with van der Waals surface area (Å²) >= 11 is 10.4. The molecule has 0 spiro atoms. The summed E-state index contributed by atoms with van der Waals surface area (Å²) < 4.78 is 66.7. The molecule has 14 heteroatoms. The van der Waals surface area contributed by atoms with Gasteiger partial charge in [0.1, 0.15) is 0 Å². The number of hydrogen-bond donors (Lipinski definition) is 2. The van der Waals surface area contributed by atoms with Gasteiger partial charge >= 0.3 is 191 Å². The van der Waals surface area contributed by atoms with Crippen molar-refractivity contribution in [3.8, 4) is 23.0 Å². The average molecular weight is 576 g/mol. The summed E-state index contributed by atoms with van der Waals surface area (Å²) in [4.78, 5) is 25.2. The van der Waals surface area contributed by atoms with Crippen LogP contribution in [0.4, 0.5) is 17.6 Å². The predicted octanol–water partition coefficient (Wildman–Crippen LogP) is 4.20. The van der Waals surface area contributed by atoms with E-state index in [9.17, 15) is 27.2 Å². The molecule has 2 aromatic rings. The third-order valence-electron chi connectivity index (χ3n) is 4.00. The van der Waals surface area contributed by atoms with E-state index in [1.807, 2.05) is 0 Å². The van der Waals surface area contributed by atoms with Gasteiger partial charge in [0, 0.05) is 0 Å². The van der Waals surface area contributed by atoms with Gasteiger partial charge in [0.25, 0.3) is 0 Å². The Morgan fingerprint density at radius 3 is 2.39 bits per heavy atom. The first-order valence-corrected chi connectivity index (χ1v) is 10.2. The van der Waals surface area contributed by atoms with E-state index in [1.54, 1.807) is 0 Å². The molecule has 36 heavy (non-hydrogen) atoms. The van der Waals surface area contributed by atoms with Crippen LogP contribution >= 0.6 is 11.6 Å². The summed E-state index contributed by atoms with van der Waals surface area (Å²) in [7, 11) is 1.15. The number of ether oxygens (including phenoxy) is 3. The van der Waals surface area contributed by atoms with E-state index in [-0.39, 0.29) is 33.4 Å². The molecule has 0 heterocycles. The third kappa shape index (κ3) is 8.67. The largest absolute Gasteiger partial charge is 0.870 e. The van der Waals surface area contributed by atoms with Gasteiger partial charge in [0.2, 0.25) is 0 Å². The second-order valence-electron chi connectivity index (χ2n) is 6.52. The fourth-order valence-electron chi connectivity index (χ4n) is 2.52. The maximum atomic E-state index is 14.8. The molecule has 0 unspecified atom stereocenters. The molecular weight excluding hydrogens is 558 g/mol. The maximum absolute atomic E-state index is 14.8. The van der Waals surface area contributed by atoms with E-state index >= 15 is 0 Å². The van der Waals surface area contributed by atoms with E-state index in [1.165, 1.54) is 11.9 Å². The molecule has 0 aromatic heterocycles. The minimum atomic E-state index is -4.94. The van der Waals surface area contributed by atoms with Crippen molar-refractivity contribution in [2.75, 3.05) is 7.11 Å². The fraction of sp³-hybridized carbons (Fsp3) is 0.136. The molecule has 198 valence electrons. The Bertz CT molecular complexity index is 1220. The number of benzene rings is 2. The van der Waals surface area contributed by atoms with Crippen LogP contribution in [0.15, 0.2) is 47.7 Å². The molecule has 0 radical (unpaired) electrons. The first-order valence-electron chi connectivity index (χ1n) is 9.26. The monoisotopic (exact) mass is 574 g/mol. The number of nitrogens with one attached hydrogen (secondary N) is 1. The molecule has 0 aliphatic rings. The van der Waals surface area contributed by atoms with Gasteiger partial charge in [0.15, 0.2) is 0 Å². The van der Waals surface area contributed by atoms with Crippen LogP contribution in [0.3, 0.4) is 0 Å². The van der Waals surface area contributed by atoms with Gasteiger partial charge in [-0.3, -0.25) is 0 Å². The van der Waals surface area contributed by atoms with Gasteiger partial charge in [-0.05, 0) is 0 Å². The molecule has 0 saturated heterocycles. The van der Waals surface area contributed by atoms with E-state index < -0.39 is 35.3 Å². The predicted molar refractivity (Wildman–Crippen MR) is 116 cm³/mol. The first kappa shape index (κ1) is 30.6. The van der Waals surface area contributed by atoms with Crippen LogP contribution in [-0.4, -0.2) is 35.8 Å². The zero-order chi connectivity index (χ0) is 26.3. The van der Waals surface area contributed by atoms with Crippen LogP contribution in [0.2, 0.25) is 5.02 Å². The number of methoxy groups -OCH3 is 1. The summed E-state index contributed by atoms with van der Waals surface area (Å²) in [6.07, 6.45) is -1.73. The van der Waals surface area contributed by atoms with E-state index in [2.05, 4.69) is 31.2 Å². The Balaban J connectivity index is 0.00000648. The van der Waals surface area contributed by atoms with Crippen LogP contribution in [0.25, 0.3) is 0 Å². The Kier molecular flexibility index (Phi) is 11.1. The number of primary amides is 1. The van der Waals surface area contributed by atoms with Crippen molar-refractivity contribution in [2.45, 2.75) is 13.3 Å². The summed E-state index contributed by atoms with van der Waals surface area (Å²) in [5.74, 6) is -4.40. The summed E-state index contributed by atoms with van der Waals surface area (Å²) in [5, 5.41) is 2.23. The van der Waals surface area contributed by atoms with Crippen molar-refractivity contribution in [3.05, 3.63) is 70.2 Å². The van der Waals surface area contributed by atoms with Crippen molar-refractivity contribution >= 4 is 28.4 Å². The Morgan fingerprint density at radius 2 is 1.83 bits per heavy atom. The first-order chi connectivity index (χ1) is 16.3. The molecule has 0 atom stereocenters. The average Bonchev–Trinajstić information content (AvgIpc) is 2.75. The number of halogens is 5. The van der Waals surface area contributed by atoms with E-state index in [0.717, 1.165) is 43.5 Å². The van der Waals surface area contributed by atoms with Gasteiger partial charge < -0.3 is 10.2 Å². The second kappa shape index (κ2) is 13.1. The molecule has 0 bridgehead atoms. The minimum Gasteiger partial charge on any atom is -0.870 e. The molecular formula is C22H17ClF4N2NiO6-2. The van der Waals surface area contributed by atoms with Crippen molar-refractivity contribution in [3.63, 3.8) is 0 Å². The number of hydrogen-bond acceptors (Lipinski definition) is 6. The standard InChI is InChI=1S/C22H16ClF4N2O5.Ni.H2O/c1-11(2)15(5-7-19(28)30)29-21(31)20-14(24)8-12(23)9-18(20)33-16-6-4-13(10-17(16)32-3)34-22(25,26)27;;/h1,4-6,8-10H,2-3H3,(H2,28,30)(H,29,31);;1H2/q-1;;/p-1/b15-11-;;. The number of carbonyl (C=O) groups is 2. The molecule has 8 nitrogen and oxygen atoms in total. The van der Waals surface area contributed by atoms with Crippen molar-refractivity contribution < 1.29 is 61.9 Å².